The normalized spacial score (nSPS) is 21.8. The summed E-state index contributed by atoms with van der Waals surface area (Å²) in [5.41, 5.74) is 0. The van der Waals surface area contributed by atoms with E-state index in [-0.39, 0.29) is 12.0 Å². The van der Waals surface area contributed by atoms with Gasteiger partial charge in [-0.15, -0.1) is 0 Å². The molecule has 0 aromatic rings. The highest BCUT2D eigenvalue weighted by Crippen LogP contribution is 2.17. The quantitative estimate of drug-likeness (QED) is 0.653. The molecule has 0 aromatic carbocycles. The van der Waals surface area contributed by atoms with E-state index in [1.807, 2.05) is 14.0 Å². The molecule has 0 bridgehead atoms. The van der Waals surface area contributed by atoms with Gasteiger partial charge in [0.2, 0.25) is 0 Å². The lowest BCUT2D eigenvalue weighted by Crippen LogP contribution is -2.47. The van der Waals surface area contributed by atoms with Gasteiger partial charge in [0, 0.05) is 19.1 Å². The molecule has 5 nitrogen and oxygen atoms in total. The van der Waals surface area contributed by atoms with Gasteiger partial charge in [0.25, 0.3) is 0 Å². The second kappa shape index (κ2) is 8.51. The Morgan fingerprint density at radius 2 is 2.26 bits per heavy atom. The molecule has 0 radical (unpaired) electrons. The number of ether oxygens (including phenoxy) is 1. The smallest absolute Gasteiger partial charge is 0.324 e. The summed E-state index contributed by atoms with van der Waals surface area (Å²) >= 11 is 0. The largest absolute Gasteiger partial charge is 0.465 e. The zero-order valence-corrected chi connectivity index (χ0v) is 12.8. The van der Waals surface area contributed by atoms with Gasteiger partial charge in [0.1, 0.15) is 6.04 Å². The summed E-state index contributed by atoms with van der Waals surface area (Å²) in [6.45, 7) is 8.54. The Labute approximate surface area is 117 Å². The number of esters is 1. The van der Waals surface area contributed by atoms with Crippen LogP contribution in [0.2, 0.25) is 0 Å². The maximum Gasteiger partial charge on any atom is 0.324 e. The van der Waals surface area contributed by atoms with Crippen LogP contribution < -0.4 is 5.32 Å². The molecule has 2 atom stereocenters. The standard InChI is InChI=1S/C14H29N3O2/c1-5-17-9-7-8-12(17)10-16(4)11-13(15-3)14(18)19-6-2/h12-13,15H,5-11H2,1-4H3. The molecule has 2 unspecified atom stereocenters. The van der Waals surface area contributed by atoms with E-state index in [1.54, 1.807) is 0 Å². The fourth-order valence-electron chi connectivity index (χ4n) is 2.79. The van der Waals surface area contributed by atoms with Crippen molar-refractivity contribution in [2.24, 2.45) is 0 Å². The maximum absolute atomic E-state index is 11.7. The van der Waals surface area contributed by atoms with Crippen molar-refractivity contribution in [3.8, 4) is 0 Å². The molecule has 1 N–H and O–H groups in total. The number of hydrogen-bond acceptors (Lipinski definition) is 5. The third kappa shape index (κ3) is 5.09. The van der Waals surface area contributed by atoms with E-state index in [2.05, 4.69) is 29.1 Å². The van der Waals surface area contributed by atoms with Crippen molar-refractivity contribution < 1.29 is 9.53 Å². The predicted octanol–water partition coefficient (Wildman–Crippen LogP) is 0.554. The molecule has 0 aliphatic carbocycles. The minimum absolute atomic E-state index is 0.157. The Hall–Kier alpha value is -0.650. The Morgan fingerprint density at radius 1 is 1.53 bits per heavy atom. The molecule has 19 heavy (non-hydrogen) atoms. The minimum Gasteiger partial charge on any atom is -0.465 e. The molecular weight excluding hydrogens is 242 g/mol. The molecule has 1 aliphatic heterocycles. The molecule has 0 spiro atoms. The first-order valence-corrected chi connectivity index (χ1v) is 7.38. The van der Waals surface area contributed by atoms with E-state index in [0.717, 1.165) is 13.1 Å². The summed E-state index contributed by atoms with van der Waals surface area (Å²) in [7, 11) is 3.89. The van der Waals surface area contributed by atoms with E-state index in [0.29, 0.717) is 19.2 Å². The number of hydrogen-bond donors (Lipinski definition) is 1. The highest BCUT2D eigenvalue weighted by molar-refractivity contribution is 5.76. The number of likely N-dealkylation sites (N-methyl/N-ethyl adjacent to an activating group) is 3. The highest BCUT2D eigenvalue weighted by atomic mass is 16.5. The van der Waals surface area contributed by atoms with Crippen LogP contribution in [0.15, 0.2) is 0 Å². The number of rotatable bonds is 8. The number of carbonyl (C=O) groups excluding carboxylic acids is 1. The molecule has 0 saturated carbocycles. The van der Waals surface area contributed by atoms with Gasteiger partial charge in [-0.1, -0.05) is 6.92 Å². The van der Waals surface area contributed by atoms with Crippen LogP contribution in [0.1, 0.15) is 26.7 Å². The van der Waals surface area contributed by atoms with Crippen molar-refractivity contribution in [3.05, 3.63) is 0 Å². The molecule has 1 saturated heterocycles. The molecule has 1 fully saturated rings. The molecule has 5 heteroatoms. The van der Waals surface area contributed by atoms with Crippen LogP contribution in [0.25, 0.3) is 0 Å². The van der Waals surface area contributed by atoms with Crippen molar-refractivity contribution in [1.29, 1.82) is 0 Å². The van der Waals surface area contributed by atoms with Gasteiger partial charge in [0.05, 0.1) is 6.61 Å². The van der Waals surface area contributed by atoms with Crippen molar-refractivity contribution in [2.75, 3.05) is 46.9 Å². The van der Waals surface area contributed by atoms with Crippen LogP contribution in [0.4, 0.5) is 0 Å². The lowest BCUT2D eigenvalue weighted by molar-refractivity contribution is -0.146. The molecule has 1 aliphatic rings. The van der Waals surface area contributed by atoms with E-state index < -0.39 is 0 Å². The van der Waals surface area contributed by atoms with Gasteiger partial charge >= 0.3 is 5.97 Å². The summed E-state index contributed by atoms with van der Waals surface area (Å²) in [5, 5.41) is 3.04. The first-order valence-electron chi connectivity index (χ1n) is 7.38. The van der Waals surface area contributed by atoms with Crippen LogP contribution in [-0.4, -0.2) is 74.7 Å². The van der Waals surface area contributed by atoms with Crippen molar-refractivity contribution >= 4 is 5.97 Å². The molecule has 1 rings (SSSR count). The fraction of sp³-hybridized carbons (Fsp3) is 0.929. The third-order valence-electron chi connectivity index (χ3n) is 3.84. The molecular formula is C14H29N3O2. The SMILES string of the molecule is CCOC(=O)C(CN(C)CC1CCCN1CC)NC. The van der Waals surface area contributed by atoms with Crippen LogP contribution in [0.5, 0.6) is 0 Å². The zero-order valence-electron chi connectivity index (χ0n) is 12.8. The van der Waals surface area contributed by atoms with Crippen molar-refractivity contribution in [2.45, 2.75) is 38.8 Å². The summed E-state index contributed by atoms with van der Waals surface area (Å²) in [6, 6.07) is 0.399. The second-order valence-electron chi connectivity index (χ2n) is 5.24. The molecule has 0 aromatic heterocycles. The number of nitrogens with one attached hydrogen (secondary N) is 1. The third-order valence-corrected chi connectivity index (χ3v) is 3.84. The maximum atomic E-state index is 11.7. The second-order valence-corrected chi connectivity index (χ2v) is 5.24. The molecule has 112 valence electrons. The van der Waals surface area contributed by atoms with E-state index in [4.69, 9.17) is 4.74 Å². The summed E-state index contributed by atoms with van der Waals surface area (Å²) in [4.78, 5) is 16.5. The van der Waals surface area contributed by atoms with Crippen LogP contribution in [-0.2, 0) is 9.53 Å². The van der Waals surface area contributed by atoms with Gasteiger partial charge in [-0.25, -0.2) is 0 Å². The van der Waals surface area contributed by atoms with E-state index >= 15 is 0 Å². The van der Waals surface area contributed by atoms with Gasteiger partial charge in [0.15, 0.2) is 0 Å². The Morgan fingerprint density at radius 3 is 2.84 bits per heavy atom. The van der Waals surface area contributed by atoms with Gasteiger partial charge < -0.3 is 15.0 Å². The Kier molecular flexibility index (Phi) is 7.34. The average molecular weight is 271 g/mol. The van der Waals surface area contributed by atoms with E-state index in [9.17, 15) is 4.79 Å². The monoisotopic (exact) mass is 271 g/mol. The number of likely N-dealkylation sites (tertiary alicyclic amines) is 1. The minimum atomic E-state index is -0.235. The molecule has 0 amide bonds. The highest BCUT2D eigenvalue weighted by Gasteiger charge is 2.26. The summed E-state index contributed by atoms with van der Waals surface area (Å²) in [5.74, 6) is -0.157. The van der Waals surface area contributed by atoms with Gasteiger partial charge in [-0.2, -0.15) is 0 Å². The topological polar surface area (TPSA) is 44.8 Å². The van der Waals surface area contributed by atoms with Crippen molar-refractivity contribution in [1.82, 2.24) is 15.1 Å². The van der Waals surface area contributed by atoms with Crippen LogP contribution >= 0.6 is 0 Å². The first kappa shape index (κ1) is 16.4. The van der Waals surface area contributed by atoms with Crippen LogP contribution in [0, 0.1) is 0 Å². The zero-order chi connectivity index (χ0) is 14.3. The number of carbonyl (C=O) groups is 1. The Bertz CT molecular complexity index is 273. The summed E-state index contributed by atoms with van der Waals surface area (Å²) in [6.07, 6.45) is 2.56. The predicted molar refractivity (Wildman–Crippen MR) is 77.2 cm³/mol. The number of nitrogens with zero attached hydrogens (tertiary/aromatic N) is 2. The first-order chi connectivity index (χ1) is 9.12. The Balaban J connectivity index is 2.40. The average Bonchev–Trinajstić information content (AvgIpc) is 2.83. The van der Waals surface area contributed by atoms with Gasteiger partial charge in [-0.05, 0) is 47.0 Å². The molecule has 1 heterocycles. The van der Waals surface area contributed by atoms with Gasteiger partial charge in [-0.3, -0.25) is 9.69 Å². The fourth-order valence-corrected chi connectivity index (χ4v) is 2.79. The summed E-state index contributed by atoms with van der Waals surface area (Å²) < 4.78 is 5.07. The van der Waals surface area contributed by atoms with Crippen molar-refractivity contribution in [3.63, 3.8) is 0 Å². The van der Waals surface area contributed by atoms with E-state index in [1.165, 1.54) is 19.4 Å². The lowest BCUT2D eigenvalue weighted by Gasteiger charge is -2.29. The lowest BCUT2D eigenvalue weighted by atomic mass is 10.2. The van der Waals surface area contributed by atoms with Crippen LogP contribution in [0.3, 0.4) is 0 Å².